The van der Waals surface area contributed by atoms with Gasteiger partial charge in [0, 0.05) is 28.6 Å². The molecule has 0 saturated heterocycles. The molecule has 3 rings (SSSR count). The molecule has 1 unspecified atom stereocenters. The molecule has 0 spiro atoms. The number of nitrogens with zero attached hydrogens (tertiary/aromatic N) is 2. The number of aldehydes is 1. The third-order valence-corrected chi connectivity index (χ3v) is 6.27. The van der Waals surface area contributed by atoms with Crippen LogP contribution in [-0.4, -0.2) is 23.7 Å². The van der Waals surface area contributed by atoms with Crippen LogP contribution in [0.1, 0.15) is 21.2 Å². The predicted molar refractivity (Wildman–Crippen MR) is 104 cm³/mol. The first-order chi connectivity index (χ1) is 12.5. The fourth-order valence-corrected chi connectivity index (χ4v) is 4.74. The van der Waals surface area contributed by atoms with Gasteiger partial charge in [-0.25, -0.2) is 12.4 Å². The zero-order valence-electron chi connectivity index (χ0n) is 13.6. The molecule has 0 N–H and O–H groups in total. The molecule has 0 saturated carbocycles. The maximum absolute atomic E-state index is 13.3. The van der Waals surface area contributed by atoms with Gasteiger partial charge in [-0.3, -0.25) is 9.78 Å². The zero-order chi connectivity index (χ0) is 18.7. The first-order valence-corrected chi connectivity index (χ1v) is 9.97. The maximum atomic E-state index is 13.3. The summed E-state index contributed by atoms with van der Waals surface area (Å²) < 4.78 is 28.5. The first-order valence-electron chi connectivity index (χ1n) is 7.67. The minimum absolute atomic E-state index is 0.280. The van der Waals surface area contributed by atoms with Crippen LogP contribution in [0.4, 0.5) is 0 Å². The number of hydrogen-bond donors (Lipinski definition) is 0. The van der Waals surface area contributed by atoms with Gasteiger partial charge in [0.1, 0.15) is 5.25 Å². The van der Waals surface area contributed by atoms with Crippen molar-refractivity contribution in [2.24, 2.45) is 0 Å². The second-order valence-electron chi connectivity index (χ2n) is 5.58. The molecular weight excluding hydrogens is 416 g/mol. The molecule has 0 fully saturated rings. The van der Waals surface area contributed by atoms with E-state index in [1.54, 1.807) is 30.5 Å². The highest BCUT2D eigenvalue weighted by Crippen LogP contribution is 2.31. The molecule has 2 heterocycles. The Kier molecular flexibility index (Phi) is 5.20. The predicted octanol–water partition coefficient (Wildman–Crippen LogP) is 4.23. The van der Waals surface area contributed by atoms with E-state index >= 15 is 0 Å². The molecule has 132 valence electrons. The van der Waals surface area contributed by atoms with Crippen molar-refractivity contribution in [3.63, 3.8) is 0 Å². The van der Waals surface area contributed by atoms with Crippen molar-refractivity contribution in [1.29, 1.82) is 0 Å². The van der Waals surface area contributed by atoms with Crippen LogP contribution in [0.15, 0.2) is 78.2 Å². The van der Waals surface area contributed by atoms with E-state index in [1.165, 1.54) is 18.5 Å². The number of carbonyl (C=O) groups is 1. The largest absolute Gasteiger partial charge is 0.298 e. The number of benzene rings is 1. The Morgan fingerprint density at radius 1 is 1.15 bits per heavy atom. The average Bonchev–Trinajstić information content (AvgIpc) is 3.08. The molecular formula is C19H15BrN2O3S. The van der Waals surface area contributed by atoms with Gasteiger partial charge in [0.15, 0.2) is 6.29 Å². The van der Waals surface area contributed by atoms with Gasteiger partial charge in [-0.2, -0.15) is 0 Å². The lowest BCUT2D eigenvalue weighted by atomic mass is 10.1. The number of hydrogen-bond acceptors (Lipinski definition) is 4. The van der Waals surface area contributed by atoms with Crippen molar-refractivity contribution < 1.29 is 13.2 Å². The zero-order valence-corrected chi connectivity index (χ0v) is 16.0. The maximum Gasteiger partial charge on any atom is 0.249 e. The summed E-state index contributed by atoms with van der Waals surface area (Å²) >= 11 is 3.30. The topological polar surface area (TPSA) is 69.0 Å². The molecule has 0 aliphatic carbocycles. The van der Waals surface area contributed by atoms with Crippen molar-refractivity contribution in [2.45, 2.75) is 5.25 Å². The number of rotatable bonds is 6. The minimum Gasteiger partial charge on any atom is -0.298 e. The van der Waals surface area contributed by atoms with Gasteiger partial charge in [0.2, 0.25) is 10.0 Å². The van der Waals surface area contributed by atoms with E-state index in [1.807, 2.05) is 18.2 Å². The van der Waals surface area contributed by atoms with Crippen LogP contribution < -0.4 is 0 Å². The Bertz CT molecular complexity index is 1060. The van der Waals surface area contributed by atoms with Crippen LogP contribution in [0, 0.1) is 0 Å². The quantitative estimate of drug-likeness (QED) is 0.433. The van der Waals surface area contributed by atoms with Crippen LogP contribution in [0.3, 0.4) is 0 Å². The molecule has 0 amide bonds. The molecule has 1 atom stereocenters. The van der Waals surface area contributed by atoms with Crippen LogP contribution in [0.5, 0.6) is 0 Å². The minimum atomic E-state index is -3.91. The van der Waals surface area contributed by atoms with E-state index in [0.29, 0.717) is 27.6 Å². The van der Waals surface area contributed by atoms with E-state index in [4.69, 9.17) is 0 Å². The normalized spacial score (nSPS) is 12.5. The van der Waals surface area contributed by atoms with E-state index in [2.05, 4.69) is 27.5 Å². The molecule has 2 aromatic heterocycles. The van der Waals surface area contributed by atoms with Crippen molar-refractivity contribution in [3.8, 4) is 11.3 Å². The molecule has 0 aliphatic heterocycles. The lowest BCUT2D eigenvalue weighted by Crippen LogP contribution is -2.20. The van der Waals surface area contributed by atoms with Crippen molar-refractivity contribution in [3.05, 3.63) is 89.3 Å². The SMILES string of the molecule is C=CC(c1cncc(Br)c1)S(=O)(=O)n1cc(C=O)cc1-c1ccccc1. The average molecular weight is 431 g/mol. The third-order valence-electron chi connectivity index (χ3n) is 3.88. The number of carbonyl (C=O) groups excluding carboxylic acids is 1. The second kappa shape index (κ2) is 7.39. The van der Waals surface area contributed by atoms with Crippen molar-refractivity contribution in [2.75, 3.05) is 0 Å². The Balaban J connectivity index is 2.19. The third kappa shape index (κ3) is 3.40. The molecule has 0 aliphatic rings. The molecule has 7 heteroatoms. The standard InChI is InChI=1S/C19H15BrN2O3S/c1-2-19(16-9-17(20)11-21-10-16)26(24,25)22-12-14(13-23)8-18(22)15-6-4-3-5-7-15/h2-13,19H,1H2. The Morgan fingerprint density at radius 3 is 2.50 bits per heavy atom. The summed E-state index contributed by atoms with van der Waals surface area (Å²) in [5, 5.41) is -1.01. The van der Waals surface area contributed by atoms with E-state index in [9.17, 15) is 13.2 Å². The van der Waals surface area contributed by atoms with Gasteiger partial charge < -0.3 is 0 Å². The Hall–Kier alpha value is -2.51. The lowest BCUT2D eigenvalue weighted by Gasteiger charge is -2.17. The smallest absolute Gasteiger partial charge is 0.249 e. The Morgan fingerprint density at radius 2 is 1.88 bits per heavy atom. The molecule has 1 aromatic carbocycles. The van der Waals surface area contributed by atoms with Gasteiger partial charge >= 0.3 is 0 Å². The van der Waals surface area contributed by atoms with Gasteiger partial charge in [0.25, 0.3) is 0 Å². The monoisotopic (exact) mass is 430 g/mol. The number of halogens is 1. The summed E-state index contributed by atoms with van der Waals surface area (Å²) in [6.07, 6.45) is 6.37. The highest BCUT2D eigenvalue weighted by atomic mass is 79.9. The fourth-order valence-electron chi connectivity index (χ4n) is 2.69. The molecule has 0 radical (unpaired) electrons. The molecule has 26 heavy (non-hydrogen) atoms. The van der Waals surface area contributed by atoms with E-state index in [0.717, 1.165) is 3.97 Å². The van der Waals surface area contributed by atoms with E-state index < -0.39 is 15.3 Å². The fraction of sp³-hybridized carbons (Fsp3) is 0.0526. The van der Waals surface area contributed by atoms with Crippen LogP contribution in [-0.2, 0) is 10.0 Å². The lowest BCUT2D eigenvalue weighted by molar-refractivity contribution is 0.112. The highest BCUT2D eigenvalue weighted by Gasteiger charge is 2.29. The summed E-state index contributed by atoms with van der Waals surface area (Å²) in [5.41, 5.74) is 1.87. The summed E-state index contributed by atoms with van der Waals surface area (Å²) in [7, 11) is -3.91. The van der Waals surface area contributed by atoms with Crippen LogP contribution >= 0.6 is 15.9 Å². The molecule has 3 aromatic rings. The van der Waals surface area contributed by atoms with E-state index in [-0.39, 0.29) is 5.56 Å². The first kappa shape index (κ1) is 18.3. The van der Waals surface area contributed by atoms with Crippen LogP contribution in [0.25, 0.3) is 11.3 Å². The van der Waals surface area contributed by atoms with Crippen LogP contribution in [0.2, 0.25) is 0 Å². The van der Waals surface area contributed by atoms with Crippen molar-refractivity contribution in [1.82, 2.24) is 8.96 Å². The van der Waals surface area contributed by atoms with Crippen molar-refractivity contribution >= 4 is 32.2 Å². The Labute approximate surface area is 160 Å². The van der Waals surface area contributed by atoms with Gasteiger partial charge in [-0.05, 0) is 39.2 Å². The number of pyridine rings is 1. The number of aromatic nitrogens is 2. The van der Waals surface area contributed by atoms with Gasteiger partial charge in [-0.15, -0.1) is 6.58 Å². The summed E-state index contributed by atoms with van der Waals surface area (Å²) in [4.78, 5) is 15.3. The second-order valence-corrected chi connectivity index (χ2v) is 8.42. The van der Waals surface area contributed by atoms with Gasteiger partial charge in [0.05, 0.1) is 5.69 Å². The highest BCUT2D eigenvalue weighted by molar-refractivity contribution is 9.10. The summed E-state index contributed by atoms with van der Waals surface area (Å²) in [5.74, 6) is 0. The summed E-state index contributed by atoms with van der Waals surface area (Å²) in [6, 6.07) is 12.3. The molecule has 0 bridgehead atoms. The molecule has 5 nitrogen and oxygen atoms in total. The summed E-state index contributed by atoms with van der Waals surface area (Å²) in [6.45, 7) is 3.68. The van der Waals surface area contributed by atoms with Gasteiger partial charge in [-0.1, -0.05) is 36.4 Å².